The number of unbranched alkanes of at least 4 members (excludes halogenated alkanes) is 1. The highest BCUT2D eigenvalue weighted by atomic mass is 35.5. The summed E-state index contributed by atoms with van der Waals surface area (Å²) in [5.41, 5.74) is 5.78. The zero-order chi connectivity index (χ0) is 12.7. The van der Waals surface area contributed by atoms with Gasteiger partial charge in [-0.05, 0) is 32.1 Å². The maximum Gasteiger partial charge on any atom is 0.225 e. The Labute approximate surface area is 118 Å². The molecule has 2 unspecified atom stereocenters. The highest BCUT2D eigenvalue weighted by molar-refractivity contribution is 5.85. The summed E-state index contributed by atoms with van der Waals surface area (Å²) in [6, 6.07) is 0.298. The zero-order valence-electron chi connectivity index (χ0n) is 11.9. The van der Waals surface area contributed by atoms with E-state index in [1.54, 1.807) is 0 Å². The van der Waals surface area contributed by atoms with Crippen molar-refractivity contribution in [2.24, 2.45) is 11.7 Å². The van der Waals surface area contributed by atoms with Gasteiger partial charge in [0.1, 0.15) is 0 Å². The first-order valence-corrected chi connectivity index (χ1v) is 7.25. The number of hydrogen-bond donors (Lipinski definition) is 1. The van der Waals surface area contributed by atoms with Crippen LogP contribution in [0, 0.1) is 5.92 Å². The monoisotopic (exact) mass is 276 g/mol. The van der Waals surface area contributed by atoms with Crippen LogP contribution in [0.1, 0.15) is 58.8 Å². The van der Waals surface area contributed by atoms with E-state index in [0.717, 1.165) is 38.6 Å². The molecule has 3 nitrogen and oxygen atoms in total. The summed E-state index contributed by atoms with van der Waals surface area (Å²) in [4.78, 5) is 14.5. The fourth-order valence-corrected chi connectivity index (χ4v) is 2.72. The second-order valence-corrected chi connectivity index (χ2v) is 5.16. The van der Waals surface area contributed by atoms with E-state index in [2.05, 4.69) is 18.7 Å². The van der Waals surface area contributed by atoms with E-state index >= 15 is 0 Å². The normalized spacial score (nSPS) is 21.3. The molecular formula is C14H29ClN2O. The fourth-order valence-electron chi connectivity index (χ4n) is 2.72. The third-order valence-electron chi connectivity index (χ3n) is 3.93. The van der Waals surface area contributed by atoms with Crippen LogP contribution in [0.5, 0.6) is 0 Å². The smallest absolute Gasteiger partial charge is 0.225 e. The van der Waals surface area contributed by atoms with Crippen molar-refractivity contribution in [3.8, 4) is 0 Å². The first-order chi connectivity index (χ1) is 8.24. The van der Waals surface area contributed by atoms with Crippen molar-refractivity contribution in [3.63, 3.8) is 0 Å². The maximum atomic E-state index is 12.5. The average Bonchev–Trinajstić information content (AvgIpc) is 2.39. The van der Waals surface area contributed by atoms with Gasteiger partial charge < -0.3 is 10.6 Å². The summed E-state index contributed by atoms with van der Waals surface area (Å²) in [5.74, 6) is 0.582. The Balaban J connectivity index is 0.00000289. The molecule has 1 aliphatic heterocycles. The molecule has 1 heterocycles. The molecule has 0 spiro atoms. The average molecular weight is 277 g/mol. The van der Waals surface area contributed by atoms with E-state index in [1.807, 2.05) is 0 Å². The number of likely N-dealkylation sites (tertiary alicyclic amines) is 1. The molecule has 2 N–H and O–H groups in total. The Morgan fingerprint density at radius 3 is 2.67 bits per heavy atom. The minimum Gasteiger partial charge on any atom is -0.338 e. The molecule has 1 aliphatic rings. The summed E-state index contributed by atoms with van der Waals surface area (Å²) in [6.07, 6.45) is 7.79. The van der Waals surface area contributed by atoms with Crippen LogP contribution in [-0.4, -0.2) is 29.9 Å². The van der Waals surface area contributed by atoms with E-state index in [-0.39, 0.29) is 18.3 Å². The molecule has 2 atom stereocenters. The van der Waals surface area contributed by atoms with Crippen LogP contribution in [0.2, 0.25) is 0 Å². The van der Waals surface area contributed by atoms with E-state index in [9.17, 15) is 4.79 Å². The van der Waals surface area contributed by atoms with Gasteiger partial charge in [0.05, 0.1) is 0 Å². The number of carbonyl (C=O) groups excluding carboxylic acids is 1. The molecule has 1 rings (SSSR count). The zero-order valence-corrected chi connectivity index (χ0v) is 12.7. The molecular weight excluding hydrogens is 248 g/mol. The SMILES string of the molecule is CCCCC(CC)C(=O)N1CCCCC1CN.Cl. The van der Waals surface area contributed by atoms with Crippen molar-refractivity contribution in [2.45, 2.75) is 64.8 Å². The molecule has 0 aliphatic carbocycles. The van der Waals surface area contributed by atoms with Gasteiger partial charge in [0.25, 0.3) is 0 Å². The number of carbonyl (C=O) groups is 1. The molecule has 1 amide bonds. The standard InChI is InChI=1S/C14H28N2O.ClH/c1-3-5-8-12(4-2)14(17)16-10-7-6-9-13(16)11-15;/h12-13H,3-11,15H2,1-2H3;1H. The van der Waals surface area contributed by atoms with Crippen LogP contribution >= 0.6 is 12.4 Å². The second-order valence-electron chi connectivity index (χ2n) is 5.16. The van der Waals surface area contributed by atoms with Crippen molar-refractivity contribution in [3.05, 3.63) is 0 Å². The summed E-state index contributed by atoms with van der Waals surface area (Å²) >= 11 is 0. The van der Waals surface area contributed by atoms with Crippen LogP contribution < -0.4 is 5.73 Å². The van der Waals surface area contributed by atoms with Gasteiger partial charge in [-0.15, -0.1) is 12.4 Å². The highest BCUT2D eigenvalue weighted by Crippen LogP contribution is 2.22. The summed E-state index contributed by atoms with van der Waals surface area (Å²) in [6.45, 7) is 5.85. The molecule has 18 heavy (non-hydrogen) atoms. The molecule has 0 aromatic carbocycles. The number of rotatable bonds is 6. The lowest BCUT2D eigenvalue weighted by Gasteiger charge is -2.37. The minimum absolute atomic E-state index is 0. The van der Waals surface area contributed by atoms with Crippen LogP contribution in [0.25, 0.3) is 0 Å². The van der Waals surface area contributed by atoms with Gasteiger partial charge in [-0.25, -0.2) is 0 Å². The Kier molecular flexibility index (Phi) is 9.47. The molecule has 0 bridgehead atoms. The van der Waals surface area contributed by atoms with Crippen LogP contribution in [0.3, 0.4) is 0 Å². The van der Waals surface area contributed by atoms with Crippen LogP contribution in [0.15, 0.2) is 0 Å². The van der Waals surface area contributed by atoms with Gasteiger partial charge in [-0.1, -0.05) is 26.7 Å². The number of piperidine rings is 1. The third-order valence-corrected chi connectivity index (χ3v) is 3.93. The summed E-state index contributed by atoms with van der Waals surface area (Å²) in [5, 5.41) is 0. The molecule has 4 heteroatoms. The Hall–Kier alpha value is -0.280. The molecule has 108 valence electrons. The Bertz CT molecular complexity index is 236. The van der Waals surface area contributed by atoms with Crippen molar-refractivity contribution in [1.82, 2.24) is 4.90 Å². The van der Waals surface area contributed by atoms with E-state index < -0.39 is 0 Å². The van der Waals surface area contributed by atoms with Crippen LogP contribution in [-0.2, 0) is 4.79 Å². The second kappa shape index (κ2) is 9.62. The quantitative estimate of drug-likeness (QED) is 0.811. The lowest BCUT2D eigenvalue weighted by Crippen LogP contribution is -2.49. The molecule has 0 aromatic rings. The molecule has 0 saturated carbocycles. The summed E-state index contributed by atoms with van der Waals surface area (Å²) < 4.78 is 0. The van der Waals surface area contributed by atoms with E-state index in [1.165, 1.54) is 12.8 Å². The van der Waals surface area contributed by atoms with Crippen molar-refractivity contribution in [1.29, 1.82) is 0 Å². The number of nitrogens with two attached hydrogens (primary N) is 1. The molecule has 1 fully saturated rings. The van der Waals surface area contributed by atoms with E-state index in [0.29, 0.717) is 18.5 Å². The van der Waals surface area contributed by atoms with Gasteiger partial charge >= 0.3 is 0 Å². The first-order valence-electron chi connectivity index (χ1n) is 7.25. The third kappa shape index (κ3) is 4.77. The van der Waals surface area contributed by atoms with Gasteiger partial charge in [0.2, 0.25) is 5.91 Å². The Morgan fingerprint density at radius 2 is 2.11 bits per heavy atom. The minimum atomic E-state index is 0. The fraction of sp³-hybridized carbons (Fsp3) is 0.929. The van der Waals surface area contributed by atoms with Crippen molar-refractivity contribution < 1.29 is 4.79 Å². The predicted molar refractivity (Wildman–Crippen MR) is 79.0 cm³/mol. The van der Waals surface area contributed by atoms with Gasteiger partial charge in [0, 0.05) is 25.0 Å². The summed E-state index contributed by atoms with van der Waals surface area (Å²) in [7, 11) is 0. The molecule has 0 aromatic heterocycles. The first kappa shape index (κ1) is 17.7. The van der Waals surface area contributed by atoms with E-state index in [4.69, 9.17) is 5.73 Å². The lowest BCUT2D eigenvalue weighted by atomic mass is 9.94. The number of halogens is 1. The Morgan fingerprint density at radius 1 is 1.39 bits per heavy atom. The molecule has 1 saturated heterocycles. The van der Waals surface area contributed by atoms with Gasteiger partial charge in [-0.2, -0.15) is 0 Å². The largest absolute Gasteiger partial charge is 0.338 e. The number of hydrogen-bond acceptors (Lipinski definition) is 2. The number of nitrogens with zero attached hydrogens (tertiary/aromatic N) is 1. The van der Waals surface area contributed by atoms with Gasteiger partial charge in [-0.3, -0.25) is 4.79 Å². The maximum absolute atomic E-state index is 12.5. The van der Waals surface area contributed by atoms with Crippen LogP contribution in [0.4, 0.5) is 0 Å². The van der Waals surface area contributed by atoms with Crippen molar-refractivity contribution >= 4 is 18.3 Å². The molecule has 0 radical (unpaired) electrons. The van der Waals surface area contributed by atoms with Crippen molar-refractivity contribution in [2.75, 3.05) is 13.1 Å². The topological polar surface area (TPSA) is 46.3 Å². The number of amides is 1. The lowest BCUT2D eigenvalue weighted by molar-refractivity contribution is -0.139. The van der Waals surface area contributed by atoms with Gasteiger partial charge in [0.15, 0.2) is 0 Å². The predicted octanol–water partition coefficient (Wildman–Crippen LogP) is 2.96. The highest BCUT2D eigenvalue weighted by Gasteiger charge is 2.29.